The first-order valence-corrected chi connectivity index (χ1v) is 12.1. The molecule has 0 aliphatic carbocycles. The van der Waals surface area contributed by atoms with Gasteiger partial charge in [-0.1, -0.05) is 30.3 Å². The van der Waals surface area contributed by atoms with E-state index in [4.69, 9.17) is 0 Å². The van der Waals surface area contributed by atoms with E-state index in [2.05, 4.69) is 5.32 Å². The third-order valence-corrected chi connectivity index (χ3v) is 6.71. The van der Waals surface area contributed by atoms with Crippen LogP contribution in [0.25, 0.3) is 10.8 Å². The number of amides is 2. The molecule has 0 saturated carbocycles. The SMILES string of the molecule is CC(Sc1ccc(NC(=O)c2ccc3ccccc3c2)cc1)C(=O)Nc1c(F)c(F)c(C(F)(F)F)c(F)c1F. The molecule has 39 heavy (non-hydrogen) atoms. The van der Waals surface area contributed by atoms with Crippen LogP contribution in [0.4, 0.5) is 42.1 Å². The minimum atomic E-state index is -5.69. The molecule has 1 unspecified atom stereocenters. The van der Waals surface area contributed by atoms with Crippen molar-refractivity contribution in [1.29, 1.82) is 0 Å². The predicted octanol–water partition coefficient (Wildman–Crippen LogP) is 7.79. The summed E-state index contributed by atoms with van der Waals surface area (Å²) >= 11 is 0.887. The second-order valence-electron chi connectivity index (χ2n) is 8.29. The highest BCUT2D eigenvalue weighted by Crippen LogP contribution is 2.38. The number of fused-ring (bicyclic) bond motifs is 1. The summed E-state index contributed by atoms with van der Waals surface area (Å²) in [6.07, 6.45) is -5.69. The van der Waals surface area contributed by atoms with Crippen LogP contribution in [0, 0.1) is 23.3 Å². The Hall–Kier alpha value is -4.06. The minimum absolute atomic E-state index is 0.353. The number of thioether (sulfide) groups is 1. The van der Waals surface area contributed by atoms with E-state index >= 15 is 0 Å². The Morgan fingerprint density at radius 1 is 0.769 bits per heavy atom. The van der Waals surface area contributed by atoms with Gasteiger partial charge in [-0.15, -0.1) is 11.8 Å². The van der Waals surface area contributed by atoms with Crippen molar-refractivity contribution in [3.05, 3.63) is 101 Å². The average molecular weight is 566 g/mol. The number of rotatable bonds is 6. The van der Waals surface area contributed by atoms with Crippen LogP contribution in [0.15, 0.2) is 71.6 Å². The maximum atomic E-state index is 14.1. The Labute approximate surface area is 221 Å². The molecule has 0 fully saturated rings. The number of carbonyl (C=O) groups excluding carboxylic acids is 2. The maximum absolute atomic E-state index is 14.1. The largest absolute Gasteiger partial charge is 0.422 e. The number of hydrogen-bond acceptors (Lipinski definition) is 3. The molecular formula is C27H17F7N2O2S. The van der Waals surface area contributed by atoms with Crippen LogP contribution >= 0.6 is 11.8 Å². The molecule has 0 bridgehead atoms. The molecule has 4 rings (SSSR count). The highest BCUT2D eigenvalue weighted by Gasteiger charge is 2.42. The van der Waals surface area contributed by atoms with Crippen LogP contribution in [0.5, 0.6) is 0 Å². The molecule has 0 aliphatic rings. The van der Waals surface area contributed by atoms with Crippen LogP contribution in [0.1, 0.15) is 22.8 Å². The molecule has 0 spiro atoms. The van der Waals surface area contributed by atoms with Gasteiger partial charge in [0.05, 0.1) is 5.25 Å². The molecule has 0 saturated heterocycles. The third-order valence-electron chi connectivity index (χ3n) is 5.60. The number of halogens is 7. The van der Waals surface area contributed by atoms with Crippen molar-refractivity contribution in [2.75, 3.05) is 10.6 Å². The Morgan fingerprint density at radius 3 is 1.95 bits per heavy atom. The molecule has 1 atom stereocenters. The molecule has 4 aromatic rings. The van der Waals surface area contributed by atoms with E-state index in [0.717, 1.165) is 22.5 Å². The molecule has 0 radical (unpaired) electrons. The summed E-state index contributed by atoms with van der Waals surface area (Å²) in [5.41, 5.74) is -3.52. The van der Waals surface area contributed by atoms with Gasteiger partial charge in [-0.25, -0.2) is 17.6 Å². The standard InChI is InChI=1S/C27H17F7N2O2S/c1-13(25(37)36-24-22(30)20(28)19(27(32,33)34)21(29)23(24)31)39-18-10-8-17(9-11-18)35-26(38)16-7-6-14-4-2-3-5-15(14)12-16/h2-13H,1H3,(H,35,38)(H,36,37). The van der Waals surface area contributed by atoms with Gasteiger partial charge in [-0.05, 0) is 54.1 Å². The summed E-state index contributed by atoms with van der Waals surface area (Å²) in [5.74, 6) is -11.6. The van der Waals surface area contributed by atoms with Gasteiger partial charge in [0.1, 0.15) is 11.3 Å². The van der Waals surface area contributed by atoms with Gasteiger partial charge >= 0.3 is 6.18 Å². The van der Waals surface area contributed by atoms with E-state index < -0.39 is 51.9 Å². The normalized spacial score (nSPS) is 12.3. The monoisotopic (exact) mass is 566 g/mol. The van der Waals surface area contributed by atoms with Gasteiger partial charge in [-0.2, -0.15) is 13.2 Å². The molecule has 0 aliphatic heterocycles. The zero-order valence-corrected chi connectivity index (χ0v) is 20.6. The average Bonchev–Trinajstić information content (AvgIpc) is 2.90. The Balaban J connectivity index is 1.41. The third kappa shape index (κ3) is 6.00. The summed E-state index contributed by atoms with van der Waals surface area (Å²) in [4.78, 5) is 25.5. The van der Waals surface area contributed by atoms with E-state index in [1.165, 1.54) is 6.92 Å². The number of nitrogens with one attached hydrogen (secondary N) is 2. The number of alkyl halides is 3. The zero-order valence-electron chi connectivity index (χ0n) is 19.8. The van der Waals surface area contributed by atoms with Crippen molar-refractivity contribution < 1.29 is 40.3 Å². The zero-order chi connectivity index (χ0) is 28.5. The highest BCUT2D eigenvalue weighted by atomic mass is 32.2. The second kappa shape index (κ2) is 11.0. The molecule has 12 heteroatoms. The predicted molar refractivity (Wildman–Crippen MR) is 134 cm³/mol. The molecule has 0 aromatic heterocycles. The summed E-state index contributed by atoms with van der Waals surface area (Å²) in [7, 11) is 0. The lowest BCUT2D eigenvalue weighted by Crippen LogP contribution is -2.25. The lowest BCUT2D eigenvalue weighted by molar-refractivity contribution is -0.143. The fraction of sp³-hybridized carbons (Fsp3) is 0.111. The fourth-order valence-corrected chi connectivity index (χ4v) is 4.49. The fourth-order valence-electron chi connectivity index (χ4n) is 3.62. The van der Waals surface area contributed by atoms with Gasteiger partial charge in [0.25, 0.3) is 5.91 Å². The van der Waals surface area contributed by atoms with Crippen molar-refractivity contribution in [3.63, 3.8) is 0 Å². The van der Waals surface area contributed by atoms with Crippen molar-refractivity contribution >= 4 is 45.7 Å². The van der Waals surface area contributed by atoms with Gasteiger partial charge in [0.2, 0.25) is 5.91 Å². The van der Waals surface area contributed by atoms with E-state index in [-0.39, 0.29) is 5.91 Å². The van der Waals surface area contributed by atoms with Gasteiger partial charge in [0, 0.05) is 16.1 Å². The van der Waals surface area contributed by atoms with Crippen molar-refractivity contribution in [3.8, 4) is 0 Å². The number of benzene rings is 4. The van der Waals surface area contributed by atoms with Gasteiger partial charge in [0.15, 0.2) is 23.3 Å². The van der Waals surface area contributed by atoms with E-state index in [0.29, 0.717) is 16.1 Å². The lowest BCUT2D eigenvalue weighted by atomic mass is 10.1. The van der Waals surface area contributed by atoms with Crippen molar-refractivity contribution in [2.45, 2.75) is 23.2 Å². The highest BCUT2D eigenvalue weighted by molar-refractivity contribution is 8.00. The van der Waals surface area contributed by atoms with Crippen LogP contribution < -0.4 is 10.6 Å². The quantitative estimate of drug-likeness (QED) is 0.142. The molecule has 4 aromatic carbocycles. The van der Waals surface area contributed by atoms with Crippen molar-refractivity contribution in [1.82, 2.24) is 0 Å². The first-order valence-electron chi connectivity index (χ1n) is 11.2. The summed E-state index contributed by atoms with van der Waals surface area (Å²) < 4.78 is 94.1. The van der Waals surface area contributed by atoms with Crippen LogP contribution in [0.2, 0.25) is 0 Å². The first kappa shape index (κ1) is 28.0. The van der Waals surface area contributed by atoms with Gasteiger partial charge in [-0.3, -0.25) is 9.59 Å². The Bertz CT molecular complexity index is 1540. The molecule has 2 N–H and O–H groups in total. The van der Waals surface area contributed by atoms with E-state index in [9.17, 15) is 40.3 Å². The van der Waals surface area contributed by atoms with E-state index in [1.54, 1.807) is 41.7 Å². The van der Waals surface area contributed by atoms with Crippen LogP contribution in [-0.2, 0) is 11.0 Å². The van der Waals surface area contributed by atoms with Crippen molar-refractivity contribution in [2.24, 2.45) is 0 Å². The van der Waals surface area contributed by atoms with Gasteiger partial charge < -0.3 is 10.6 Å². The topological polar surface area (TPSA) is 58.2 Å². The minimum Gasteiger partial charge on any atom is -0.322 e. The van der Waals surface area contributed by atoms with Crippen LogP contribution in [-0.4, -0.2) is 17.1 Å². The number of hydrogen-bond donors (Lipinski definition) is 2. The Morgan fingerprint density at radius 2 is 1.36 bits per heavy atom. The molecular weight excluding hydrogens is 549 g/mol. The number of anilines is 2. The maximum Gasteiger partial charge on any atom is 0.422 e. The first-order chi connectivity index (χ1) is 18.4. The molecule has 2 amide bonds. The summed E-state index contributed by atoms with van der Waals surface area (Å²) in [6.45, 7) is 1.31. The second-order valence-corrected chi connectivity index (χ2v) is 9.71. The molecule has 4 nitrogen and oxygen atoms in total. The smallest absolute Gasteiger partial charge is 0.322 e. The van der Waals surface area contributed by atoms with Crippen LogP contribution in [0.3, 0.4) is 0 Å². The Kier molecular flexibility index (Phi) is 7.86. The number of carbonyl (C=O) groups is 2. The van der Waals surface area contributed by atoms with E-state index in [1.807, 2.05) is 30.3 Å². The summed E-state index contributed by atoms with van der Waals surface area (Å²) in [6, 6.07) is 19.0. The summed E-state index contributed by atoms with van der Waals surface area (Å²) in [5, 5.41) is 5.13. The molecule has 202 valence electrons. The lowest BCUT2D eigenvalue weighted by Gasteiger charge is -2.16. The molecule has 0 heterocycles.